The van der Waals surface area contributed by atoms with E-state index < -0.39 is 12.6 Å². The van der Waals surface area contributed by atoms with Crippen LogP contribution in [0.15, 0.2) is 4.52 Å². The van der Waals surface area contributed by atoms with Crippen molar-refractivity contribution in [2.45, 2.75) is 38.9 Å². The lowest BCUT2D eigenvalue weighted by Gasteiger charge is -2.32. The lowest BCUT2D eigenvalue weighted by molar-refractivity contribution is -0.148. The second-order valence-electron chi connectivity index (χ2n) is 4.80. The summed E-state index contributed by atoms with van der Waals surface area (Å²) in [6.45, 7) is 3.39. The molecule has 102 valence electrons. The summed E-state index contributed by atoms with van der Waals surface area (Å²) in [5.41, 5.74) is 0. The monoisotopic (exact) mass is 263 g/mol. The largest absolute Gasteiger partial charge is 0.389 e. The van der Waals surface area contributed by atoms with Crippen molar-refractivity contribution in [1.82, 2.24) is 15.0 Å². The number of likely N-dealkylation sites (tertiary alicyclic amines) is 1. The molecule has 1 aromatic heterocycles. The van der Waals surface area contributed by atoms with Crippen molar-refractivity contribution < 1.29 is 17.7 Å². The van der Waals surface area contributed by atoms with Gasteiger partial charge in [-0.1, -0.05) is 5.16 Å². The van der Waals surface area contributed by atoms with E-state index in [1.165, 1.54) is 0 Å². The summed E-state index contributed by atoms with van der Waals surface area (Å²) >= 11 is 0. The summed E-state index contributed by atoms with van der Waals surface area (Å²) in [5, 5.41) is 3.67. The van der Waals surface area contributed by atoms with Gasteiger partial charge in [-0.05, 0) is 32.2 Å². The zero-order valence-electron chi connectivity index (χ0n) is 10.2. The molecule has 0 bridgehead atoms. The number of aryl methyl sites for hydroxylation is 1. The van der Waals surface area contributed by atoms with Crippen LogP contribution in [-0.4, -0.2) is 34.3 Å². The summed E-state index contributed by atoms with van der Waals surface area (Å²) < 4.78 is 42.0. The van der Waals surface area contributed by atoms with Crippen LogP contribution in [-0.2, 0) is 6.54 Å². The Kier molecular flexibility index (Phi) is 3.89. The van der Waals surface area contributed by atoms with Crippen LogP contribution in [0.2, 0.25) is 0 Å². The number of halogens is 3. The zero-order valence-corrected chi connectivity index (χ0v) is 10.2. The maximum Gasteiger partial charge on any atom is 0.389 e. The first-order valence-electron chi connectivity index (χ1n) is 6.01. The van der Waals surface area contributed by atoms with Crippen LogP contribution in [0, 0.1) is 12.8 Å². The van der Waals surface area contributed by atoms with Crippen molar-refractivity contribution in [1.29, 1.82) is 0 Å². The second-order valence-corrected chi connectivity index (χ2v) is 4.80. The second kappa shape index (κ2) is 5.26. The zero-order chi connectivity index (χ0) is 13.2. The van der Waals surface area contributed by atoms with Crippen molar-refractivity contribution in [3.8, 4) is 0 Å². The molecule has 0 saturated carbocycles. The highest BCUT2D eigenvalue weighted by Gasteiger charge is 2.34. The van der Waals surface area contributed by atoms with Gasteiger partial charge in [0.25, 0.3) is 0 Å². The van der Waals surface area contributed by atoms with Crippen LogP contribution in [0.5, 0.6) is 0 Å². The van der Waals surface area contributed by atoms with Gasteiger partial charge in [0.15, 0.2) is 5.82 Å². The van der Waals surface area contributed by atoms with E-state index in [2.05, 4.69) is 10.1 Å². The van der Waals surface area contributed by atoms with Crippen molar-refractivity contribution >= 4 is 0 Å². The Morgan fingerprint density at radius 3 is 2.83 bits per heavy atom. The van der Waals surface area contributed by atoms with Crippen molar-refractivity contribution in [3.63, 3.8) is 0 Å². The maximum atomic E-state index is 12.3. The summed E-state index contributed by atoms with van der Waals surface area (Å²) in [7, 11) is 0. The molecule has 1 aliphatic heterocycles. The molecule has 18 heavy (non-hydrogen) atoms. The van der Waals surface area contributed by atoms with Gasteiger partial charge < -0.3 is 4.52 Å². The number of hydrogen-bond donors (Lipinski definition) is 0. The highest BCUT2D eigenvalue weighted by molar-refractivity contribution is 4.84. The predicted molar refractivity (Wildman–Crippen MR) is 57.7 cm³/mol. The Bertz CT molecular complexity index is 391. The molecule has 0 spiro atoms. The Hall–Kier alpha value is -1.11. The molecule has 0 aliphatic carbocycles. The third-order valence-corrected chi connectivity index (χ3v) is 3.05. The molecular formula is C11H16F3N3O. The first-order valence-corrected chi connectivity index (χ1v) is 6.01. The van der Waals surface area contributed by atoms with Crippen LogP contribution < -0.4 is 0 Å². The number of alkyl halides is 3. The fourth-order valence-electron chi connectivity index (χ4n) is 2.38. The average Bonchev–Trinajstić information content (AvgIpc) is 2.62. The van der Waals surface area contributed by atoms with Crippen molar-refractivity contribution in [2.75, 3.05) is 13.1 Å². The van der Waals surface area contributed by atoms with Gasteiger partial charge in [-0.2, -0.15) is 18.2 Å². The normalized spacial score (nSPS) is 22.3. The van der Waals surface area contributed by atoms with Crippen LogP contribution in [0.3, 0.4) is 0 Å². The Morgan fingerprint density at radius 1 is 1.44 bits per heavy atom. The molecule has 4 nitrogen and oxygen atoms in total. The van der Waals surface area contributed by atoms with Crippen LogP contribution in [0.1, 0.15) is 31.0 Å². The highest BCUT2D eigenvalue weighted by atomic mass is 19.4. The smallest absolute Gasteiger partial charge is 0.338 e. The van der Waals surface area contributed by atoms with Gasteiger partial charge in [0.2, 0.25) is 5.89 Å². The maximum absolute atomic E-state index is 12.3. The minimum Gasteiger partial charge on any atom is -0.338 e. The molecule has 7 heteroatoms. The van der Waals surface area contributed by atoms with Gasteiger partial charge >= 0.3 is 6.18 Å². The van der Waals surface area contributed by atoms with E-state index in [4.69, 9.17) is 4.52 Å². The van der Waals surface area contributed by atoms with Gasteiger partial charge in [-0.3, -0.25) is 4.90 Å². The van der Waals surface area contributed by atoms with Crippen LogP contribution in [0.25, 0.3) is 0 Å². The first-order chi connectivity index (χ1) is 8.42. The van der Waals surface area contributed by atoms with Crippen LogP contribution >= 0.6 is 0 Å². The quantitative estimate of drug-likeness (QED) is 0.840. The molecule has 1 aliphatic rings. The molecule has 2 rings (SSSR count). The SMILES string of the molecule is Cc1noc(CN2CCCC(CC(F)(F)F)C2)n1. The van der Waals surface area contributed by atoms with E-state index in [0.29, 0.717) is 31.2 Å². The molecule has 0 N–H and O–H groups in total. The van der Waals surface area contributed by atoms with E-state index in [1.807, 2.05) is 4.90 Å². The van der Waals surface area contributed by atoms with Gasteiger partial charge in [0, 0.05) is 13.0 Å². The summed E-state index contributed by atoms with van der Waals surface area (Å²) in [6.07, 6.45) is -3.35. The summed E-state index contributed by atoms with van der Waals surface area (Å²) in [6, 6.07) is 0. The lowest BCUT2D eigenvalue weighted by atomic mass is 9.94. The molecule has 0 radical (unpaired) electrons. The minimum atomic E-state index is -4.07. The fourth-order valence-corrected chi connectivity index (χ4v) is 2.38. The minimum absolute atomic E-state index is 0.317. The molecule has 1 atom stereocenters. The van der Waals surface area contributed by atoms with E-state index >= 15 is 0 Å². The van der Waals surface area contributed by atoms with Gasteiger partial charge in [-0.15, -0.1) is 0 Å². The molecule has 0 aromatic carbocycles. The van der Waals surface area contributed by atoms with Crippen LogP contribution in [0.4, 0.5) is 13.2 Å². The lowest BCUT2D eigenvalue weighted by Crippen LogP contribution is -2.36. The molecule has 2 heterocycles. The first kappa shape index (κ1) is 13.3. The van der Waals surface area contributed by atoms with E-state index in [9.17, 15) is 13.2 Å². The van der Waals surface area contributed by atoms with E-state index in [-0.39, 0.29) is 5.92 Å². The average molecular weight is 263 g/mol. The van der Waals surface area contributed by atoms with E-state index in [0.717, 1.165) is 13.0 Å². The molecule has 0 amide bonds. The van der Waals surface area contributed by atoms with Crippen molar-refractivity contribution in [2.24, 2.45) is 5.92 Å². The standard InChI is InChI=1S/C11H16F3N3O/c1-8-15-10(18-16-8)7-17-4-2-3-9(6-17)5-11(12,13)14/h9H,2-7H2,1H3. The van der Waals surface area contributed by atoms with Gasteiger partial charge in [0.1, 0.15) is 0 Å². The van der Waals surface area contributed by atoms with Gasteiger partial charge in [-0.25, -0.2) is 0 Å². The number of nitrogens with zero attached hydrogens (tertiary/aromatic N) is 3. The van der Waals surface area contributed by atoms with Gasteiger partial charge in [0.05, 0.1) is 6.54 Å². The van der Waals surface area contributed by atoms with E-state index in [1.54, 1.807) is 6.92 Å². The predicted octanol–water partition coefficient (Wildman–Crippen LogP) is 2.54. The number of aromatic nitrogens is 2. The summed E-state index contributed by atoms with van der Waals surface area (Å²) in [5.74, 6) is 0.705. The topological polar surface area (TPSA) is 42.2 Å². The Morgan fingerprint density at radius 2 is 2.22 bits per heavy atom. The third-order valence-electron chi connectivity index (χ3n) is 3.05. The Balaban J connectivity index is 1.87. The van der Waals surface area contributed by atoms with Crippen molar-refractivity contribution in [3.05, 3.63) is 11.7 Å². The third kappa shape index (κ3) is 3.97. The number of hydrogen-bond acceptors (Lipinski definition) is 4. The molecule has 1 unspecified atom stereocenters. The fraction of sp³-hybridized carbons (Fsp3) is 0.818. The molecule has 1 saturated heterocycles. The molecule has 1 aromatic rings. The highest BCUT2D eigenvalue weighted by Crippen LogP contribution is 2.30. The molecule has 1 fully saturated rings. The molecular weight excluding hydrogens is 247 g/mol. The number of piperidine rings is 1. The number of rotatable bonds is 3. The Labute approximate surface area is 103 Å². The summed E-state index contributed by atoms with van der Waals surface area (Å²) in [4.78, 5) is 6.01.